The summed E-state index contributed by atoms with van der Waals surface area (Å²) in [5, 5.41) is 3.42. The van der Waals surface area contributed by atoms with Crippen LogP contribution in [0.15, 0.2) is 24.3 Å². The molecule has 0 aromatic heterocycles. The quantitative estimate of drug-likeness (QED) is 0.841. The van der Waals surface area contributed by atoms with Gasteiger partial charge in [-0.2, -0.15) is 0 Å². The summed E-state index contributed by atoms with van der Waals surface area (Å²) in [6.07, 6.45) is 0. The van der Waals surface area contributed by atoms with Crippen molar-refractivity contribution in [3.8, 4) is 0 Å². The summed E-state index contributed by atoms with van der Waals surface area (Å²) in [6.45, 7) is 6.77. The summed E-state index contributed by atoms with van der Waals surface area (Å²) in [4.78, 5) is 2.54. The Kier molecular flexibility index (Phi) is 3.99. The van der Waals surface area contributed by atoms with E-state index in [9.17, 15) is 0 Å². The van der Waals surface area contributed by atoms with Crippen molar-refractivity contribution in [3.05, 3.63) is 33.4 Å². The SMILES string of the molecule is CC1CNCCN1Cc1cccc(I)c1. The maximum Gasteiger partial charge on any atom is 0.0238 e. The minimum atomic E-state index is 0.650. The molecule has 0 saturated carbocycles. The zero-order valence-electron chi connectivity index (χ0n) is 9.04. The predicted molar refractivity (Wildman–Crippen MR) is 71.9 cm³/mol. The molecule has 0 aliphatic carbocycles. The normalized spacial score (nSPS) is 22.9. The molecule has 1 saturated heterocycles. The Labute approximate surface area is 105 Å². The maximum atomic E-state index is 3.42. The molecular weight excluding hydrogens is 299 g/mol. The molecule has 0 radical (unpaired) electrons. The largest absolute Gasteiger partial charge is 0.314 e. The summed E-state index contributed by atoms with van der Waals surface area (Å²) in [5.74, 6) is 0. The first-order valence-corrected chi connectivity index (χ1v) is 6.53. The first kappa shape index (κ1) is 11.4. The van der Waals surface area contributed by atoms with Crippen molar-refractivity contribution < 1.29 is 0 Å². The van der Waals surface area contributed by atoms with Crippen LogP contribution in [0.1, 0.15) is 12.5 Å². The van der Waals surface area contributed by atoms with Gasteiger partial charge >= 0.3 is 0 Å². The fraction of sp³-hybridized carbons (Fsp3) is 0.500. The Morgan fingerprint density at radius 2 is 2.40 bits per heavy atom. The third-order valence-corrected chi connectivity index (χ3v) is 3.58. The van der Waals surface area contributed by atoms with Gasteiger partial charge in [0.05, 0.1) is 0 Å². The Morgan fingerprint density at radius 1 is 1.53 bits per heavy atom. The minimum Gasteiger partial charge on any atom is -0.314 e. The smallest absolute Gasteiger partial charge is 0.0238 e. The maximum absolute atomic E-state index is 3.42. The van der Waals surface area contributed by atoms with E-state index in [1.54, 1.807) is 0 Å². The molecule has 1 unspecified atom stereocenters. The average Bonchev–Trinajstić information content (AvgIpc) is 2.22. The highest BCUT2D eigenvalue weighted by Gasteiger charge is 2.17. The van der Waals surface area contributed by atoms with E-state index in [2.05, 4.69) is 64.0 Å². The molecule has 2 rings (SSSR count). The van der Waals surface area contributed by atoms with Gasteiger partial charge in [0.25, 0.3) is 0 Å². The second kappa shape index (κ2) is 5.27. The Bertz CT molecular complexity index is 327. The van der Waals surface area contributed by atoms with E-state index in [0.717, 1.165) is 26.2 Å². The molecule has 1 fully saturated rings. The summed E-state index contributed by atoms with van der Waals surface area (Å²) in [7, 11) is 0. The Morgan fingerprint density at radius 3 is 3.13 bits per heavy atom. The van der Waals surface area contributed by atoms with Crippen molar-refractivity contribution in [2.75, 3.05) is 19.6 Å². The molecule has 1 aromatic carbocycles. The lowest BCUT2D eigenvalue weighted by molar-refractivity contribution is 0.165. The van der Waals surface area contributed by atoms with E-state index in [4.69, 9.17) is 0 Å². The molecule has 1 aliphatic heterocycles. The van der Waals surface area contributed by atoms with Gasteiger partial charge in [0.15, 0.2) is 0 Å². The fourth-order valence-electron chi connectivity index (χ4n) is 1.99. The van der Waals surface area contributed by atoms with Crippen molar-refractivity contribution in [3.63, 3.8) is 0 Å². The standard InChI is InChI=1S/C12H17IN2/c1-10-8-14-5-6-15(10)9-11-3-2-4-12(13)7-11/h2-4,7,10,14H,5-6,8-9H2,1H3. The second-order valence-corrected chi connectivity index (χ2v) is 5.40. The highest BCUT2D eigenvalue weighted by Crippen LogP contribution is 2.12. The predicted octanol–water partition coefficient (Wildman–Crippen LogP) is 2.08. The van der Waals surface area contributed by atoms with Crippen LogP contribution in [0, 0.1) is 3.57 Å². The number of hydrogen-bond donors (Lipinski definition) is 1. The molecule has 2 nitrogen and oxygen atoms in total. The van der Waals surface area contributed by atoms with Crippen LogP contribution >= 0.6 is 22.6 Å². The van der Waals surface area contributed by atoms with Crippen molar-refractivity contribution in [2.24, 2.45) is 0 Å². The van der Waals surface area contributed by atoms with Crippen LogP contribution < -0.4 is 5.32 Å². The first-order chi connectivity index (χ1) is 7.25. The molecule has 0 amide bonds. The van der Waals surface area contributed by atoms with Crippen molar-refractivity contribution in [2.45, 2.75) is 19.5 Å². The van der Waals surface area contributed by atoms with Crippen LogP contribution in [0.2, 0.25) is 0 Å². The van der Waals surface area contributed by atoms with Crippen LogP contribution in [0.3, 0.4) is 0 Å². The third kappa shape index (κ3) is 3.16. The summed E-state index contributed by atoms with van der Waals surface area (Å²) in [6, 6.07) is 9.43. The van der Waals surface area contributed by atoms with E-state index >= 15 is 0 Å². The van der Waals surface area contributed by atoms with E-state index in [1.165, 1.54) is 9.13 Å². The molecule has 3 heteroatoms. The van der Waals surface area contributed by atoms with Crippen LogP contribution in [-0.4, -0.2) is 30.6 Å². The lowest BCUT2D eigenvalue weighted by atomic mass is 10.1. The topological polar surface area (TPSA) is 15.3 Å². The summed E-state index contributed by atoms with van der Waals surface area (Å²) < 4.78 is 1.33. The van der Waals surface area contributed by atoms with Gasteiger partial charge in [0.1, 0.15) is 0 Å². The lowest BCUT2D eigenvalue weighted by Gasteiger charge is -2.33. The Hall–Kier alpha value is -0.130. The van der Waals surface area contributed by atoms with E-state index in [1.807, 2.05) is 0 Å². The zero-order chi connectivity index (χ0) is 10.7. The molecule has 0 bridgehead atoms. The fourth-order valence-corrected chi connectivity index (χ4v) is 2.60. The monoisotopic (exact) mass is 316 g/mol. The van der Waals surface area contributed by atoms with Crippen molar-refractivity contribution in [1.29, 1.82) is 0 Å². The lowest BCUT2D eigenvalue weighted by Crippen LogP contribution is -2.49. The molecule has 1 aromatic rings. The molecule has 1 aliphatic rings. The second-order valence-electron chi connectivity index (χ2n) is 4.15. The van der Waals surface area contributed by atoms with Crippen LogP contribution in [0.4, 0.5) is 0 Å². The van der Waals surface area contributed by atoms with Gasteiger partial charge in [0.2, 0.25) is 0 Å². The highest BCUT2D eigenvalue weighted by molar-refractivity contribution is 14.1. The van der Waals surface area contributed by atoms with Gasteiger partial charge in [-0.15, -0.1) is 0 Å². The molecule has 1 heterocycles. The number of rotatable bonds is 2. The first-order valence-electron chi connectivity index (χ1n) is 5.45. The molecule has 15 heavy (non-hydrogen) atoms. The van der Waals surface area contributed by atoms with E-state index in [-0.39, 0.29) is 0 Å². The minimum absolute atomic E-state index is 0.650. The van der Waals surface area contributed by atoms with Gasteiger partial charge < -0.3 is 5.32 Å². The Balaban J connectivity index is 2.01. The molecular formula is C12H17IN2. The third-order valence-electron chi connectivity index (χ3n) is 2.91. The van der Waals surface area contributed by atoms with Gasteiger partial charge in [-0.05, 0) is 47.2 Å². The number of benzene rings is 1. The zero-order valence-corrected chi connectivity index (χ0v) is 11.2. The van der Waals surface area contributed by atoms with Gasteiger partial charge in [-0.1, -0.05) is 12.1 Å². The van der Waals surface area contributed by atoms with E-state index < -0.39 is 0 Å². The number of halogens is 1. The van der Waals surface area contributed by atoms with Gasteiger partial charge in [-0.3, -0.25) is 4.90 Å². The number of nitrogens with zero attached hydrogens (tertiary/aromatic N) is 1. The number of nitrogens with one attached hydrogen (secondary N) is 1. The molecule has 1 atom stereocenters. The molecule has 0 spiro atoms. The van der Waals surface area contributed by atoms with Crippen molar-refractivity contribution >= 4 is 22.6 Å². The van der Waals surface area contributed by atoms with Crippen LogP contribution in [-0.2, 0) is 6.54 Å². The summed E-state index contributed by atoms with van der Waals surface area (Å²) in [5.41, 5.74) is 1.43. The summed E-state index contributed by atoms with van der Waals surface area (Å²) >= 11 is 2.37. The van der Waals surface area contributed by atoms with Gasteiger partial charge in [-0.25, -0.2) is 0 Å². The number of piperazine rings is 1. The van der Waals surface area contributed by atoms with E-state index in [0.29, 0.717) is 6.04 Å². The molecule has 1 N–H and O–H groups in total. The molecule has 82 valence electrons. The average molecular weight is 316 g/mol. The van der Waals surface area contributed by atoms with Crippen molar-refractivity contribution in [1.82, 2.24) is 10.2 Å². The van der Waals surface area contributed by atoms with Crippen LogP contribution in [0.25, 0.3) is 0 Å². The highest BCUT2D eigenvalue weighted by atomic mass is 127. The number of hydrogen-bond acceptors (Lipinski definition) is 2. The van der Waals surface area contributed by atoms with Crippen LogP contribution in [0.5, 0.6) is 0 Å². The van der Waals surface area contributed by atoms with Gasteiger partial charge in [0, 0.05) is 35.8 Å².